The molecule has 158 valence electrons. The fourth-order valence-corrected chi connectivity index (χ4v) is 4.26. The molecule has 0 unspecified atom stereocenters. The Morgan fingerprint density at radius 1 is 1.13 bits per heavy atom. The maximum Gasteiger partial charge on any atom is 0.293 e. The Kier molecular flexibility index (Phi) is 6.18. The van der Waals surface area contributed by atoms with E-state index in [0.29, 0.717) is 13.0 Å². The van der Waals surface area contributed by atoms with Gasteiger partial charge in [-0.2, -0.15) is 0 Å². The number of carbonyl (C=O) groups excluding carboxylic acids is 3. The Hall–Kier alpha value is -3.39. The largest absolute Gasteiger partial charge is 0.361 e. The molecule has 1 aliphatic rings. The second kappa shape index (κ2) is 9.18. The van der Waals surface area contributed by atoms with Crippen molar-refractivity contribution in [3.63, 3.8) is 0 Å². The molecule has 6 nitrogen and oxygen atoms in total. The van der Waals surface area contributed by atoms with Crippen LogP contribution < -0.4 is 5.32 Å². The van der Waals surface area contributed by atoms with Gasteiger partial charge in [-0.1, -0.05) is 36.4 Å². The van der Waals surface area contributed by atoms with Crippen LogP contribution in [0.25, 0.3) is 17.0 Å². The van der Waals surface area contributed by atoms with Gasteiger partial charge in [-0.05, 0) is 42.0 Å². The average Bonchev–Trinajstić information content (AvgIpc) is 3.29. The minimum absolute atomic E-state index is 0.0128. The molecule has 31 heavy (non-hydrogen) atoms. The molecule has 4 rings (SSSR count). The van der Waals surface area contributed by atoms with Crippen molar-refractivity contribution in [2.75, 3.05) is 13.1 Å². The number of carbonyl (C=O) groups is 3. The Balaban J connectivity index is 1.28. The summed E-state index contributed by atoms with van der Waals surface area (Å²) in [6.07, 6.45) is 3.97. The minimum Gasteiger partial charge on any atom is -0.361 e. The summed E-state index contributed by atoms with van der Waals surface area (Å²) >= 11 is 0.751. The molecule has 1 aromatic heterocycles. The van der Waals surface area contributed by atoms with E-state index >= 15 is 0 Å². The summed E-state index contributed by atoms with van der Waals surface area (Å²) in [5.74, 6) is -1.22. The van der Waals surface area contributed by atoms with Gasteiger partial charge in [-0.3, -0.25) is 19.3 Å². The van der Waals surface area contributed by atoms with Crippen LogP contribution in [-0.2, 0) is 16.0 Å². The second-order valence-corrected chi connectivity index (χ2v) is 8.06. The van der Waals surface area contributed by atoms with E-state index in [0.717, 1.165) is 33.1 Å². The number of halogens is 1. The van der Waals surface area contributed by atoms with Gasteiger partial charge in [-0.15, -0.1) is 0 Å². The number of benzene rings is 2. The third-order valence-electron chi connectivity index (χ3n) is 5.02. The quantitative estimate of drug-likeness (QED) is 0.546. The van der Waals surface area contributed by atoms with Crippen molar-refractivity contribution < 1.29 is 18.8 Å². The molecule has 1 fully saturated rings. The number of aromatic amines is 1. The molecule has 3 amide bonds. The van der Waals surface area contributed by atoms with Crippen LogP contribution in [0.2, 0.25) is 0 Å². The van der Waals surface area contributed by atoms with Gasteiger partial charge in [0.15, 0.2) is 0 Å². The number of hydrogen-bond donors (Lipinski definition) is 2. The smallest absolute Gasteiger partial charge is 0.293 e. The Bertz CT molecular complexity index is 1190. The third kappa shape index (κ3) is 4.69. The maximum absolute atomic E-state index is 13.8. The Morgan fingerprint density at radius 3 is 2.74 bits per heavy atom. The molecule has 0 atom stereocenters. The van der Waals surface area contributed by atoms with Crippen molar-refractivity contribution in [1.29, 1.82) is 0 Å². The predicted octanol–water partition coefficient (Wildman–Crippen LogP) is 4.09. The van der Waals surface area contributed by atoms with E-state index in [1.165, 1.54) is 18.2 Å². The van der Waals surface area contributed by atoms with Crippen LogP contribution >= 0.6 is 11.8 Å². The number of amides is 3. The van der Waals surface area contributed by atoms with E-state index < -0.39 is 17.0 Å². The normalized spacial score (nSPS) is 15.3. The number of nitrogens with zero attached hydrogens (tertiary/aromatic N) is 1. The summed E-state index contributed by atoms with van der Waals surface area (Å²) < 4.78 is 13.8. The number of aromatic nitrogens is 1. The highest BCUT2D eigenvalue weighted by Crippen LogP contribution is 2.32. The number of imide groups is 1. The molecule has 0 bridgehead atoms. The van der Waals surface area contributed by atoms with Crippen LogP contribution in [-0.4, -0.2) is 40.0 Å². The fraction of sp³-hybridized carbons (Fsp3) is 0.174. The lowest BCUT2D eigenvalue weighted by Crippen LogP contribution is -2.34. The van der Waals surface area contributed by atoms with E-state index in [9.17, 15) is 18.8 Å². The van der Waals surface area contributed by atoms with E-state index in [1.54, 1.807) is 12.1 Å². The summed E-state index contributed by atoms with van der Waals surface area (Å²) in [5.41, 5.74) is 2.40. The third-order valence-corrected chi connectivity index (χ3v) is 5.93. The summed E-state index contributed by atoms with van der Waals surface area (Å²) in [6.45, 7) is 0.438. The highest BCUT2D eigenvalue weighted by atomic mass is 32.2. The molecule has 2 aromatic carbocycles. The zero-order chi connectivity index (χ0) is 21.8. The van der Waals surface area contributed by atoms with Gasteiger partial charge >= 0.3 is 0 Å². The number of nitrogens with one attached hydrogen (secondary N) is 2. The highest BCUT2D eigenvalue weighted by Gasteiger charge is 2.35. The minimum atomic E-state index is -0.509. The van der Waals surface area contributed by atoms with Crippen molar-refractivity contribution in [3.05, 3.63) is 76.6 Å². The Labute approximate surface area is 182 Å². The predicted molar refractivity (Wildman–Crippen MR) is 119 cm³/mol. The Morgan fingerprint density at radius 2 is 1.90 bits per heavy atom. The molecule has 3 aromatic rings. The fourth-order valence-electron chi connectivity index (χ4n) is 3.40. The lowest BCUT2D eigenvalue weighted by Gasteiger charge is -2.12. The van der Waals surface area contributed by atoms with Crippen LogP contribution in [0.4, 0.5) is 9.18 Å². The van der Waals surface area contributed by atoms with Crippen LogP contribution in [0.1, 0.15) is 17.5 Å². The van der Waals surface area contributed by atoms with Crippen LogP contribution in [0.15, 0.2) is 59.6 Å². The highest BCUT2D eigenvalue weighted by molar-refractivity contribution is 8.18. The van der Waals surface area contributed by atoms with Crippen molar-refractivity contribution >= 4 is 45.8 Å². The molecule has 0 saturated carbocycles. The molecule has 0 radical (unpaired) electrons. The van der Waals surface area contributed by atoms with E-state index in [4.69, 9.17) is 0 Å². The van der Waals surface area contributed by atoms with Gasteiger partial charge in [0.1, 0.15) is 5.82 Å². The number of para-hydroxylation sites is 1. The topological polar surface area (TPSA) is 82.3 Å². The van der Waals surface area contributed by atoms with Gasteiger partial charge in [-0.25, -0.2) is 4.39 Å². The lowest BCUT2D eigenvalue weighted by atomic mass is 10.1. The molecule has 1 saturated heterocycles. The zero-order valence-corrected chi connectivity index (χ0v) is 17.4. The SMILES string of the molecule is O=C(CCN1C(=O)SC(=Cc2ccccc2F)C1=O)NCCc1c[nH]c2ccccc12. The first-order valence-corrected chi connectivity index (χ1v) is 10.7. The number of fused-ring (bicyclic) bond motifs is 1. The summed E-state index contributed by atoms with van der Waals surface area (Å²) in [6, 6.07) is 14.0. The van der Waals surface area contributed by atoms with Crippen LogP contribution in [0.5, 0.6) is 0 Å². The molecule has 2 N–H and O–H groups in total. The van der Waals surface area contributed by atoms with Crippen LogP contribution in [0.3, 0.4) is 0 Å². The number of rotatable bonds is 7. The molecule has 0 aliphatic carbocycles. The van der Waals surface area contributed by atoms with Gasteiger partial charge in [0, 0.05) is 42.2 Å². The molecule has 2 heterocycles. The van der Waals surface area contributed by atoms with Gasteiger partial charge in [0.2, 0.25) is 5.91 Å². The number of hydrogen-bond acceptors (Lipinski definition) is 4. The first kappa shape index (κ1) is 20.9. The van der Waals surface area contributed by atoms with Crippen LogP contribution in [0, 0.1) is 5.82 Å². The maximum atomic E-state index is 13.8. The van der Waals surface area contributed by atoms with Gasteiger partial charge in [0.25, 0.3) is 11.1 Å². The summed E-state index contributed by atoms with van der Waals surface area (Å²) in [4.78, 5) is 41.2. The van der Waals surface area contributed by atoms with Crippen molar-refractivity contribution in [2.24, 2.45) is 0 Å². The first-order chi connectivity index (χ1) is 15.0. The van der Waals surface area contributed by atoms with E-state index in [1.807, 2.05) is 30.5 Å². The van der Waals surface area contributed by atoms with Gasteiger partial charge < -0.3 is 10.3 Å². The molecule has 8 heteroatoms. The molecular weight excluding hydrogens is 417 g/mol. The van der Waals surface area contributed by atoms with Crippen molar-refractivity contribution in [3.8, 4) is 0 Å². The van der Waals surface area contributed by atoms with Crippen molar-refractivity contribution in [2.45, 2.75) is 12.8 Å². The molecule has 1 aliphatic heterocycles. The summed E-state index contributed by atoms with van der Waals surface area (Å²) in [7, 11) is 0. The zero-order valence-electron chi connectivity index (χ0n) is 16.6. The van der Waals surface area contributed by atoms with E-state index in [-0.39, 0.29) is 29.3 Å². The molecule has 0 spiro atoms. The van der Waals surface area contributed by atoms with Crippen molar-refractivity contribution in [1.82, 2.24) is 15.2 Å². The average molecular weight is 437 g/mol. The number of H-pyrrole nitrogens is 1. The van der Waals surface area contributed by atoms with E-state index in [2.05, 4.69) is 10.3 Å². The summed E-state index contributed by atoms with van der Waals surface area (Å²) in [5, 5.41) is 3.49. The first-order valence-electron chi connectivity index (χ1n) is 9.84. The van der Waals surface area contributed by atoms with Gasteiger partial charge in [0.05, 0.1) is 4.91 Å². The number of thioether (sulfide) groups is 1. The lowest BCUT2D eigenvalue weighted by molar-refractivity contribution is -0.124. The standard InChI is InChI=1S/C23H20FN3O3S/c24-18-7-3-1-5-15(18)13-20-22(29)27(23(30)31-20)12-10-21(28)25-11-9-16-14-26-19-8-4-2-6-17(16)19/h1-8,13-14,26H,9-12H2,(H,25,28). The second-order valence-electron chi connectivity index (χ2n) is 7.06. The monoisotopic (exact) mass is 437 g/mol. The molecular formula is C23H20FN3O3S.